The van der Waals surface area contributed by atoms with Crippen LogP contribution in [0.4, 0.5) is 11.4 Å². The van der Waals surface area contributed by atoms with Gasteiger partial charge in [0.25, 0.3) is 5.91 Å². The molecule has 2 aliphatic heterocycles. The van der Waals surface area contributed by atoms with Gasteiger partial charge in [0.05, 0.1) is 5.57 Å². The molecule has 0 saturated carbocycles. The summed E-state index contributed by atoms with van der Waals surface area (Å²) in [5.74, 6) is -0.430. The largest absolute Gasteiger partial charge is 0.351 e. The van der Waals surface area contributed by atoms with Gasteiger partial charge in [0.15, 0.2) is 0 Å². The van der Waals surface area contributed by atoms with Crippen molar-refractivity contribution in [2.45, 2.75) is 4.90 Å². The second kappa shape index (κ2) is 4.23. The number of thiol groups is 1. The van der Waals surface area contributed by atoms with Crippen molar-refractivity contribution < 1.29 is 9.59 Å². The highest BCUT2D eigenvalue weighted by molar-refractivity contribution is 7.80. The maximum atomic E-state index is 12.5. The first kappa shape index (κ1) is 12.2. The lowest BCUT2D eigenvalue weighted by atomic mass is 10.0. The Bertz CT molecular complexity index is 855. The topological polar surface area (TPSA) is 58.2 Å². The van der Waals surface area contributed by atoms with E-state index in [9.17, 15) is 9.59 Å². The van der Waals surface area contributed by atoms with Crippen LogP contribution in [0, 0.1) is 0 Å². The van der Waals surface area contributed by atoms with E-state index in [-0.39, 0.29) is 11.7 Å². The number of ketones is 1. The molecule has 0 saturated heterocycles. The average molecular weight is 294 g/mol. The minimum Gasteiger partial charge on any atom is -0.351 e. The fourth-order valence-electron chi connectivity index (χ4n) is 2.70. The van der Waals surface area contributed by atoms with E-state index in [1.165, 1.54) is 0 Å². The minimum atomic E-state index is -0.271. The monoisotopic (exact) mass is 294 g/mol. The van der Waals surface area contributed by atoms with Gasteiger partial charge in [0, 0.05) is 27.4 Å². The zero-order chi connectivity index (χ0) is 14.6. The third-order valence-corrected chi connectivity index (χ3v) is 3.93. The van der Waals surface area contributed by atoms with E-state index >= 15 is 0 Å². The van der Waals surface area contributed by atoms with E-state index in [1.807, 2.05) is 12.1 Å². The van der Waals surface area contributed by atoms with Crippen LogP contribution in [0.25, 0.3) is 5.57 Å². The summed E-state index contributed by atoms with van der Waals surface area (Å²) in [6.07, 6.45) is 0. The van der Waals surface area contributed by atoms with Crippen LogP contribution in [0.5, 0.6) is 0 Å². The van der Waals surface area contributed by atoms with Crippen molar-refractivity contribution in [3.05, 3.63) is 59.3 Å². The Morgan fingerprint density at radius 2 is 1.62 bits per heavy atom. The molecule has 0 aromatic heterocycles. The molecule has 0 atom stereocenters. The van der Waals surface area contributed by atoms with Gasteiger partial charge in [-0.2, -0.15) is 0 Å². The molecule has 0 spiro atoms. The normalized spacial score (nSPS) is 19.1. The number of rotatable bonds is 0. The SMILES string of the molecule is O=C1Nc2ccc(S)cc2/C1=C1/Nc2ccccc2C1=O. The van der Waals surface area contributed by atoms with Gasteiger partial charge in [0.1, 0.15) is 5.70 Å². The molecular weight excluding hydrogens is 284 g/mol. The summed E-state index contributed by atoms with van der Waals surface area (Å²) in [5.41, 5.74) is 3.42. The summed E-state index contributed by atoms with van der Waals surface area (Å²) in [6.45, 7) is 0. The van der Waals surface area contributed by atoms with Crippen LogP contribution in [-0.2, 0) is 4.79 Å². The predicted octanol–water partition coefficient (Wildman–Crippen LogP) is 2.95. The Hall–Kier alpha value is -2.53. The second-order valence-corrected chi connectivity index (χ2v) is 5.45. The van der Waals surface area contributed by atoms with Crippen molar-refractivity contribution in [3.8, 4) is 0 Å². The molecule has 0 bridgehead atoms. The number of carbonyl (C=O) groups excluding carboxylic acids is 2. The Labute approximate surface area is 126 Å². The molecule has 102 valence electrons. The van der Waals surface area contributed by atoms with E-state index in [4.69, 9.17) is 0 Å². The predicted molar refractivity (Wildman–Crippen MR) is 83.6 cm³/mol. The quantitative estimate of drug-likeness (QED) is 0.517. The van der Waals surface area contributed by atoms with Crippen molar-refractivity contribution in [3.63, 3.8) is 0 Å². The number of allylic oxidation sites excluding steroid dienone is 1. The lowest BCUT2D eigenvalue weighted by Crippen LogP contribution is -2.11. The highest BCUT2D eigenvalue weighted by Gasteiger charge is 2.34. The van der Waals surface area contributed by atoms with Gasteiger partial charge in [-0.1, -0.05) is 12.1 Å². The first-order chi connectivity index (χ1) is 10.1. The molecule has 2 aromatic carbocycles. The number of nitrogens with one attached hydrogen (secondary N) is 2. The molecule has 2 N–H and O–H groups in total. The number of para-hydroxylation sites is 1. The Morgan fingerprint density at radius 1 is 0.857 bits per heavy atom. The molecule has 0 unspecified atom stereocenters. The van der Waals surface area contributed by atoms with Crippen LogP contribution in [0.1, 0.15) is 15.9 Å². The Balaban J connectivity index is 1.94. The second-order valence-electron chi connectivity index (χ2n) is 4.93. The maximum absolute atomic E-state index is 12.5. The molecule has 2 aromatic rings. The fraction of sp³-hybridized carbons (Fsp3) is 0. The van der Waals surface area contributed by atoms with Gasteiger partial charge in [-0.25, -0.2) is 0 Å². The molecule has 0 fully saturated rings. The van der Waals surface area contributed by atoms with Crippen LogP contribution in [0.2, 0.25) is 0 Å². The lowest BCUT2D eigenvalue weighted by Gasteiger charge is -2.04. The van der Waals surface area contributed by atoms with E-state index in [0.29, 0.717) is 28.1 Å². The summed E-state index contributed by atoms with van der Waals surface area (Å²) in [6, 6.07) is 12.6. The third-order valence-electron chi connectivity index (χ3n) is 3.66. The van der Waals surface area contributed by atoms with E-state index in [2.05, 4.69) is 23.3 Å². The number of hydrogen-bond donors (Lipinski definition) is 3. The van der Waals surface area contributed by atoms with Crippen LogP contribution >= 0.6 is 12.6 Å². The fourth-order valence-corrected chi connectivity index (χ4v) is 2.90. The highest BCUT2D eigenvalue weighted by Crippen LogP contribution is 2.39. The lowest BCUT2D eigenvalue weighted by molar-refractivity contribution is -0.110. The molecule has 0 aliphatic carbocycles. The summed E-state index contributed by atoms with van der Waals surface area (Å²) in [4.78, 5) is 25.5. The summed E-state index contributed by atoms with van der Waals surface area (Å²) in [5, 5.41) is 5.84. The van der Waals surface area contributed by atoms with E-state index in [0.717, 1.165) is 10.6 Å². The minimum absolute atomic E-state index is 0.159. The Morgan fingerprint density at radius 3 is 2.43 bits per heavy atom. The van der Waals surface area contributed by atoms with Crippen LogP contribution in [-0.4, -0.2) is 11.7 Å². The zero-order valence-corrected chi connectivity index (χ0v) is 11.7. The number of anilines is 2. The standard InChI is InChI=1S/C16H10N2O2S/c19-15-9-3-1-2-4-11(9)17-14(15)13-10-7-8(21)5-6-12(10)18-16(13)20/h1-7,17,21H,(H,18,20)/b14-13-. The first-order valence-electron chi connectivity index (χ1n) is 6.45. The number of hydrogen-bond acceptors (Lipinski definition) is 4. The van der Waals surface area contributed by atoms with Gasteiger partial charge in [-0.05, 0) is 30.3 Å². The number of Topliss-reactive ketones (excluding diaryl/α,β-unsaturated/α-hetero) is 1. The van der Waals surface area contributed by atoms with E-state index < -0.39 is 0 Å². The van der Waals surface area contributed by atoms with Crippen LogP contribution in [0.15, 0.2) is 53.1 Å². The van der Waals surface area contributed by atoms with Crippen LogP contribution in [0.3, 0.4) is 0 Å². The third kappa shape index (κ3) is 1.71. The molecule has 1 amide bonds. The van der Waals surface area contributed by atoms with Gasteiger partial charge in [-0.15, -0.1) is 12.6 Å². The van der Waals surface area contributed by atoms with Gasteiger partial charge in [0.2, 0.25) is 5.78 Å². The summed E-state index contributed by atoms with van der Waals surface area (Å²) < 4.78 is 0. The number of benzene rings is 2. The molecule has 2 heterocycles. The molecule has 2 aliphatic rings. The van der Waals surface area contributed by atoms with Crippen molar-refractivity contribution in [2.75, 3.05) is 10.6 Å². The van der Waals surface area contributed by atoms with Crippen molar-refractivity contribution in [1.29, 1.82) is 0 Å². The van der Waals surface area contributed by atoms with Gasteiger partial charge in [-0.3, -0.25) is 9.59 Å². The van der Waals surface area contributed by atoms with Crippen molar-refractivity contribution in [2.24, 2.45) is 0 Å². The molecule has 0 radical (unpaired) electrons. The van der Waals surface area contributed by atoms with Crippen LogP contribution < -0.4 is 10.6 Å². The van der Waals surface area contributed by atoms with Gasteiger partial charge < -0.3 is 10.6 Å². The number of amides is 1. The van der Waals surface area contributed by atoms with Crippen molar-refractivity contribution in [1.82, 2.24) is 0 Å². The first-order valence-corrected chi connectivity index (χ1v) is 6.89. The molecule has 5 heteroatoms. The molecular formula is C16H10N2O2S. The summed E-state index contributed by atoms with van der Waals surface area (Å²) >= 11 is 4.30. The smallest absolute Gasteiger partial charge is 0.258 e. The average Bonchev–Trinajstić information content (AvgIpc) is 2.96. The number of carbonyl (C=O) groups is 2. The molecule has 21 heavy (non-hydrogen) atoms. The Kier molecular flexibility index (Phi) is 2.46. The summed E-state index contributed by atoms with van der Waals surface area (Å²) in [7, 11) is 0. The molecule has 4 rings (SSSR count). The van der Waals surface area contributed by atoms with E-state index in [1.54, 1.807) is 30.3 Å². The molecule has 4 nitrogen and oxygen atoms in total. The number of fused-ring (bicyclic) bond motifs is 2. The van der Waals surface area contributed by atoms with Crippen molar-refractivity contribution >= 4 is 41.3 Å². The highest BCUT2D eigenvalue weighted by atomic mass is 32.1. The maximum Gasteiger partial charge on any atom is 0.258 e. The van der Waals surface area contributed by atoms with Gasteiger partial charge >= 0.3 is 0 Å². The zero-order valence-electron chi connectivity index (χ0n) is 10.8.